The summed E-state index contributed by atoms with van der Waals surface area (Å²) in [4.78, 5) is 23.9. The summed E-state index contributed by atoms with van der Waals surface area (Å²) in [6, 6.07) is 15.7. The van der Waals surface area contributed by atoms with Crippen molar-refractivity contribution in [1.82, 2.24) is 10.2 Å². The van der Waals surface area contributed by atoms with Gasteiger partial charge in [0, 0.05) is 57.9 Å². The Hall–Kier alpha value is -2.49. The van der Waals surface area contributed by atoms with Crippen LogP contribution in [-0.2, 0) is 11.2 Å². The lowest BCUT2D eigenvalue weighted by Crippen LogP contribution is -2.52. The zero-order valence-electron chi connectivity index (χ0n) is 19.2. The van der Waals surface area contributed by atoms with Gasteiger partial charge < -0.3 is 25.1 Å². The van der Waals surface area contributed by atoms with E-state index in [0.717, 1.165) is 69.4 Å². The molecule has 2 aromatic carbocycles. The van der Waals surface area contributed by atoms with Gasteiger partial charge in [-0.15, -0.1) is 24.0 Å². The van der Waals surface area contributed by atoms with Crippen molar-refractivity contribution < 1.29 is 9.90 Å². The number of nitrogens with zero attached hydrogens (tertiary/aromatic N) is 4. The van der Waals surface area contributed by atoms with Gasteiger partial charge in [0.2, 0.25) is 5.91 Å². The molecule has 1 fully saturated rings. The van der Waals surface area contributed by atoms with Gasteiger partial charge in [0.15, 0.2) is 5.96 Å². The average Bonchev–Trinajstić information content (AvgIpc) is 3.26. The Balaban J connectivity index is 0.00000306. The summed E-state index contributed by atoms with van der Waals surface area (Å²) in [7, 11) is 0. The van der Waals surface area contributed by atoms with Gasteiger partial charge in [-0.3, -0.25) is 9.79 Å². The SMILES string of the molecule is CCNC(=NCCCC(=O)N1CCc2ccccc21)N1CCN(c2ccccc2O)CC1.I. The molecule has 178 valence electrons. The summed E-state index contributed by atoms with van der Waals surface area (Å²) in [6.07, 6.45) is 2.19. The highest BCUT2D eigenvalue weighted by atomic mass is 127. The predicted molar refractivity (Wildman–Crippen MR) is 145 cm³/mol. The molecule has 33 heavy (non-hydrogen) atoms. The minimum Gasteiger partial charge on any atom is -0.506 e. The number of amides is 1. The number of aliphatic imine (C=N–C) groups is 1. The number of guanidine groups is 1. The van der Waals surface area contributed by atoms with Crippen LogP contribution in [0.2, 0.25) is 0 Å². The van der Waals surface area contributed by atoms with E-state index in [1.807, 2.05) is 41.3 Å². The lowest BCUT2D eigenvalue weighted by molar-refractivity contribution is -0.118. The molecule has 8 heteroatoms. The van der Waals surface area contributed by atoms with Crippen molar-refractivity contribution in [3.63, 3.8) is 0 Å². The van der Waals surface area contributed by atoms with Crippen molar-refractivity contribution in [3.05, 3.63) is 54.1 Å². The lowest BCUT2D eigenvalue weighted by atomic mass is 10.2. The van der Waals surface area contributed by atoms with E-state index in [0.29, 0.717) is 18.7 Å². The Morgan fingerprint density at radius 1 is 1.00 bits per heavy atom. The van der Waals surface area contributed by atoms with Crippen LogP contribution in [-0.4, -0.2) is 67.7 Å². The van der Waals surface area contributed by atoms with Crippen LogP contribution in [0.25, 0.3) is 0 Å². The third kappa shape index (κ3) is 6.10. The molecule has 7 nitrogen and oxygen atoms in total. The highest BCUT2D eigenvalue weighted by Crippen LogP contribution is 2.28. The molecule has 1 saturated heterocycles. The molecule has 2 N–H and O–H groups in total. The zero-order valence-corrected chi connectivity index (χ0v) is 21.6. The topological polar surface area (TPSA) is 71.4 Å². The first-order valence-corrected chi connectivity index (χ1v) is 11.6. The number of halogens is 1. The number of benzene rings is 2. The van der Waals surface area contributed by atoms with Gasteiger partial charge in [0.1, 0.15) is 5.75 Å². The van der Waals surface area contributed by atoms with E-state index in [4.69, 9.17) is 4.99 Å². The summed E-state index contributed by atoms with van der Waals surface area (Å²) in [5.41, 5.74) is 3.21. The number of hydrogen-bond acceptors (Lipinski definition) is 4. The molecule has 4 rings (SSSR count). The monoisotopic (exact) mass is 563 g/mol. The summed E-state index contributed by atoms with van der Waals surface area (Å²) in [6.45, 7) is 7.62. The maximum atomic E-state index is 12.7. The first kappa shape index (κ1) is 25.1. The molecule has 0 aliphatic carbocycles. The summed E-state index contributed by atoms with van der Waals surface area (Å²) in [5.74, 6) is 1.42. The second-order valence-corrected chi connectivity index (χ2v) is 8.23. The molecule has 2 heterocycles. The van der Waals surface area contributed by atoms with Crippen LogP contribution in [0.1, 0.15) is 25.3 Å². The van der Waals surface area contributed by atoms with Crippen molar-refractivity contribution >= 4 is 47.2 Å². The molecule has 0 aromatic heterocycles. The lowest BCUT2D eigenvalue weighted by Gasteiger charge is -2.37. The second kappa shape index (κ2) is 12.1. The molecular formula is C25H34IN5O2. The summed E-state index contributed by atoms with van der Waals surface area (Å²) >= 11 is 0. The van der Waals surface area contributed by atoms with Crippen molar-refractivity contribution in [2.24, 2.45) is 4.99 Å². The Labute approximate surface area is 213 Å². The molecule has 0 atom stereocenters. The van der Waals surface area contributed by atoms with Gasteiger partial charge in [-0.05, 0) is 43.5 Å². The number of nitrogens with one attached hydrogen (secondary N) is 1. The number of anilines is 2. The Morgan fingerprint density at radius 3 is 2.42 bits per heavy atom. The minimum absolute atomic E-state index is 0. The van der Waals surface area contributed by atoms with E-state index in [1.165, 1.54) is 5.56 Å². The Bertz CT molecular complexity index is 959. The molecule has 2 aliphatic heterocycles. The fourth-order valence-corrected chi connectivity index (χ4v) is 4.46. The predicted octanol–water partition coefficient (Wildman–Crippen LogP) is 3.47. The number of piperazine rings is 1. The quantitative estimate of drug-likeness (QED) is 0.244. The molecule has 0 radical (unpaired) electrons. The van der Waals surface area contributed by atoms with Crippen LogP contribution in [0, 0.1) is 0 Å². The molecular weight excluding hydrogens is 529 g/mol. The molecule has 2 aliphatic rings. The van der Waals surface area contributed by atoms with E-state index in [9.17, 15) is 9.90 Å². The number of aromatic hydroxyl groups is 1. The fourth-order valence-electron chi connectivity index (χ4n) is 4.46. The number of carbonyl (C=O) groups is 1. The normalized spacial score (nSPS) is 15.8. The van der Waals surface area contributed by atoms with E-state index < -0.39 is 0 Å². The number of carbonyl (C=O) groups excluding carboxylic acids is 1. The van der Waals surface area contributed by atoms with Gasteiger partial charge in [-0.25, -0.2) is 0 Å². The summed E-state index contributed by atoms with van der Waals surface area (Å²) < 4.78 is 0. The van der Waals surface area contributed by atoms with E-state index in [2.05, 4.69) is 28.1 Å². The average molecular weight is 563 g/mol. The fraction of sp³-hybridized carbons (Fsp3) is 0.440. The Kier molecular flexibility index (Phi) is 9.22. The number of rotatable bonds is 6. The highest BCUT2D eigenvalue weighted by molar-refractivity contribution is 14.0. The van der Waals surface area contributed by atoms with Gasteiger partial charge in [0.05, 0.1) is 5.69 Å². The highest BCUT2D eigenvalue weighted by Gasteiger charge is 2.24. The molecule has 0 saturated carbocycles. The first-order valence-electron chi connectivity index (χ1n) is 11.6. The Morgan fingerprint density at radius 2 is 1.70 bits per heavy atom. The van der Waals surface area contributed by atoms with Crippen molar-refractivity contribution in [3.8, 4) is 5.75 Å². The second-order valence-electron chi connectivity index (χ2n) is 8.23. The van der Waals surface area contributed by atoms with Gasteiger partial charge in [0.25, 0.3) is 0 Å². The smallest absolute Gasteiger partial charge is 0.227 e. The molecule has 0 spiro atoms. The van der Waals surface area contributed by atoms with E-state index in [-0.39, 0.29) is 29.9 Å². The number of para-hydroxylation sites is 3. The van der Waals surface area contributed by atoms with Crippen LogP contribution >= 0.6 is 24.0 Å². The maximum Gasteiger partial charge on any atom is 0.227 e. The van der Waals surface area contributed by atoms with E-state index >= 15 is 0 Å². The van der Waals surface area contributed by atoms with Crippen LogP contribution in [0.3, 0.4) is 0 Å². The standard InChI is InChI=1S/C25H33N5O2.HI/c1-2-26-25(29-18-16-28(17-19-29)22-10-5-6-11-23(22)31)27-14-7-12-24(32)30-15-13-20-8-3-4-9-21(20)30;/h3-6,8-11,31H,2,7,12-19H2,1H3,(H,26,27);1H. The maximum absolute atomic E-state index is 12.7. The van der Waals surface area contributed by atoms with Gasteiger partial charge in [-0.2, -0.15) is 0 Å². The third-order valence-electron chi connectivity index (χ3n) is 6.14. The van der Waals surface area contributed by atoms with E-state index in [1.54, 1.807) is 6.07 Å². The van der Waals surface area contributed by atoms with Crippen LogP contribution < -0.4 is 15.1 Å². The molecule has 0 unspecified atom stereocenters. The molecule has 1 amide bonds. The first-order chi connectivity index (χ1) is 15.7. The van der Waals surface area contributed by atoms with Crippen LogP contribution in [0.15, 0.2) is 53.5 Å². The molecule has 0 bridgehead atoms. The van der Waals surface area contributed by atoms with Crippen LogP contribution in [0.4, 0.5) is 11.4 Å². The van der Waals surface area contributed by atoms with Crippen molar-refractivity contribution in [2.45, 2.75) is 26.2 Å². The summed E-state index contributed by atoms with van der Waals surface area (Å²) in [5, 5.41) is 13.5. The van der Waals surface area contributed by atoms with Gasteiger partial charge in [-0.1, -0.05) is 30.3 Å². The minimum atomic E-state index is 0. The van der Waals surface area contributed by atoms with Crippen LogP contribution in [0.5, 0.6) is 5.75 Å². The van der Waals surface area contributed by atoms with Crippen molar-refractivity contribution in [1.29, 1.82) is 0 Å². The number of phenols is 1. The zero-order chi connectivity index (χ0) is 22.3. The van der Waals surface area contributed by atoms with Crippen molar-refractivity contribution in [2.75, 3.05) is 55.6 Å². The number of phenolic OH excluding ortho intramolecular Hbond substituents is 1. The van der Waals surface area contributed by atoms with Gasteiger partial charge >= 0.3 is 0 Å². The third-order valence-corrected chi connectivity index (χ3v) is 6.14. The largest absolute Gasteiger partial charge is 0.506 e. The molecule has 2 aromatic rings. The number of fused-ring (bicyclic) bond motifs is 1. The number of hydrogen-bond donors (Lipinski definition) is 2.